The van der Waals surface area contributed by atoms with Gasteiger partial charge in [0.05, 0.1) is 0 Å². The molecule has 0 aromatic heterocycles. The van der Waals surface area contributed by atoms with Crippen molar-refractivity contribution >= 4 is 17.5 Å². The molecule has 0 aliphatic carbocycles. The predicted octanol–water partition coefficient (Wildman–Crippen LogP) is 1.38. The lowest BCUT2D eigenvalue weighted by Crippen LogP contribution is -2.37. The van der Waals surface area contributed by atoms with Crippen molar-refractivity contribution in [3.8, 4) is 0 Å². The third-order valence-electron chi connectivity index (χ3n) is 3.08. The summed E-state index contributed by atoms with van der Waals surface area (Å²) in [6.45, 7) is 6.15. The van der Waals surface area contributed by atoms with Gasteiger partial charge in [0.25, 0.3) is 0 Å². The van der Waals surface area contributed by atoms with Crippen LogP contribution in [0.25, 0.3) is 0 Å². The van der Waals surface area contributed by atoms with Gasteiger partial charge in [0.15, 0.2) is 0 Å². The Morgan fingerprint density at radius 1 is 1.25 bits per heavy atom. The molecule has 1 aromatic rings. The van der Waals surface area contributed by atoms with Gasteiger partial charge in [-0.15, -0.1) is 0 Å². The van der Waals surface area contributed by atoms with Crippen molar-refractivity contribution in [3.63, 3.8) is 0 Å². The molecule has 1 aromatic carbocycles. The summed E-state index contributed by atoms with van der Waals surface area (Å²) in [5, 5.41) is 13.9. The van der Waals surface area contributed by atoms with Crippen LogP contribution in [0.4, 0.5) is 5.69 Å². The second kappa shape index (κ2) is 7.65. The van der Waals surface area contributed by atoms with E-state index in [2.05, 4.69) is 10.6 Å². The average molecular weight is 278 g/mol. The van der Waals surface area contributed by atoms with Gasteiger partial charge >= 0.3 is 11.8 Å². The van der Waals surface area contributed by atoms with Gasteiger partial charge in [-0.2, -0.15) is 0 Å². The monoisotopic (exact) mass is 278 g/mol. The first-order chi connectivity index (χ1) is 9.43. The largest absolute Gasteiger partial charge is 0.396 e. The summed E-state index contributed by atoms with van der Waals surface area (Å²) in [7, 11) is 0. The second-order valence-corrected chi connectivity index (χ2v) is 5.10. The van der Waals surface area contributed by atoms with E-state index in [9.17, 15) is 9.59 Å². The van der Waals surface area contributed by atoms with Crippen molar-refractivity contribution in [1.29, 1.82) is 0 Å². The average Bonchev–Trinajstić information content (AvgIpc) is 2.40. The Morgan fingerprint density at radius 2 is 1.95 bits per heavy atom. The molecular formula is C15H22N2O3. The van der Waals surface area contributed by atoms with Crippen molar-refractivity contribution in [2.45, 2.75) is 27.2 Å². The first-order valence-electron chi connectivity index (χ1n) is 6.71. The quantitative estimate of drug-likeness (QED) is 0.712. The van der Waals surface area contributed by atoms with Crippen LogP contribution >= 0.6 is 0 Å². The van der Waals surface area contributed by atoms with Crippen LogP contribution in [0.5, 0.6) is 0 Å². The number of aryl methyl sites for hydroxylation is 2. The molecule has 2 amide bonds. The van der Waals surface area contributed by atoms with Gasteiger partial charge in [0, 0.05) is 18.8 Å². The number of nitrogens with one attached hydrogen (secondary N) is 2. The minimum atomic E-state index is -0.671. The maximum atomic E-state index is 11.8. The number of benzene rings is 1. The van der Waals surface area contributed by atoms with Crippen LogP contribution in [0.3, 0.4) is 0 Å². The Morgan fingerprint density at radius 3 is 2.60 bits per heavy atom. The van der Waals surface area contributed by atoms with Crippen LogP contribution in [0.2, 0.25) is 0 Å². The molecule has 110 valence electrons. The van der Waals surface area contributed by atoms with Crippen molar-refractivity contribution in [2.24, 2.45) is 5.92 Å². The lowest BCUT2D eigenvalue weighted by atomic mass is 10.1. The molecule has 0 heterocycles. The van der Waals surface area contributed by atoms with Crippen molar-refractivity contribution in [2.75, 3.05) is 18.5 Å². The molecule has 0 saturated carbocycles. The number of hydrogen-bond donors (Lipinski definition) is 3. The molecule has 1 unspecified atom stereocenters. The zero-order valence-electron chi connectivity index (χ0n) is 12.2. The number of aliphatic hydroxyl groups is 1. The number of aliphatic hydroxyl groups excluding tert-OH is 1. The van der Waals surface area contributed by atoms with E-state index >= 15 is 0 Å². The second-order valence-electron chi connectivity index (χ2n) is 5.10. The van der Waals surface area contributed by atoms with Gasteiger partial charge in [-0.3, -0.25) is 9.59 Å². The Labute approximate surface area is 119 Å². The van der Waals surface area contributed by atoms with Gasteiger partial charge < -0.3 is 15.7 Å². The molecule has 0 fully saturated rings. The predicted molar refractivity (Wildman–Crippen MR) is 78.4 cm³/mol. The van der Waals surface area contributed by atoms with Crippen LogP contribution in [-0.2, 0) is 9.59 Å². The highest BCUT2D eigenvalue weighted by Gasteiger charge is 2.15. The third kappa shape index (κ3) is 5.01. The summed E-state index contributed by atoms with van der Waals surface area (Å²) >= 11 is 0. The van der Waals surface area contributed by atoms with E-state index in [1.54, 1.807) is 0 Å². The summed E-state index contributed by atoms with van der Waals surface area (Å²) in [5.74, 6) is -1.19. The van der Waals surface area contributed by atoms with Gasteiger partial charge in [0.2, 0.25) is 0 Å². The maximum absolute atomic E-state index is 11.8. The fourth-order valence-corrected chi connectivity index (χ4v) is 1.72. The number of amides is 2. The van der Waals surface area contributed by atoms with E-state index in [1.165, 1.54) is 0 Å². The Hall–Kier alpha value is -1.88. The van der Waals surface area contributed by atoms with Crippen LogP contribution in [0.1, 0.15) is 24.5 Å². The fourth-order valence-electron chi connectivity index (χ4n) is 1.72. The number of carbonyl (C=O) groups excluding carboxylic acids is 2. The van der Waals surface area contributed by atoms with Crippen molar-refractivity contribution < 1.29 is 14.7 Å². The highest BCUT2D eigenvalue weighted by molar-refractivity contribution is 6.39. The summed E-state index contributed by atoms with van der Waals surface area (Å²) in [5.41, 5.74) is 2.57. The molecule has 3 N–H and O–H groups in total. The zero-order chi connectivity index (χ0) is 15.1. The molecular weight excluding hydrogens is 256 g/mol. The van der Waals surface area contributed by atoms with E-state index in [1.807, 2.05) is 39.0 Å². The number of hydrogen-bond acceptors (Lipinski definition) is 3. The van der Waals surface area contributed by atoms with Crippen molar-refractivity contribution in [3.05, 3.63) is 29.3 Å². The topological polar surface area (TPSA) is 78.4 Å². The molecule has 0 spiro atoms. The molecule has 0 saturated heterocycles. The van der Waals surface area contributed by atoms with E-state index in [4.69, 9.17) is 5.11 Å². The van der Waals surface area contributed by atoms with E-state index in [0.717, 1.165) is 11.1 Å². The summed E-state index contributed by atoms with van der Waals surface area (Å²) < 4.78 is 0. The molecule has 0 aliphatic heterocycles. The molecule has 1 rings (SSSR count). The minimum absolute atomic E-state index is 0.0751. The molecule has 20 heavy (non-hydrogen) atoms. The molecule has 1 atom stereocenters. The highest BCUT2D eigenvalue weighted by atomic mass is 16.3. The van der Waals surface area contributed by atoms with Gasteiger partial charge in [-0.05, 0) is 43.4 Å². The van der Waals surface area contributed by atoms with Gasteiger partial charge in [-0.25, -0.2) is 0 Å². The lowest BCUT2D eigenvalue weighted by molar-refractivity contribution is -0.136. The summed E-state index contributed by atoms with van der Waals surface area (Å²) in [6, 6.07) is 5.67. The first-order valence-corrected chi connectivity index (χ1v) is 6.71. The zero-order valence-corrected chi connectivity index (χ0v) is 12.2. The molecule has 0 aliphatic rings. The van der Waals surface area contributed by atoms with E-state index in [0.29, 0.717) is 18.7 Å². The third-order valence-corrected chi connectivity index (χ3v) is 3.08. The van der Waals surface area contributed by atoms with Gasteiger partial charge in [-0.1, -0.05) is 19.1 Å². The van der Waals surface area contributed by atoms with E-state index in [-0.39, 0.29) is 12.5 Å². The molecule has 0 bridgehead atoms. The Kier molecular flexibility index (Phi) is 6.18. The number of rotatable bonds is 5. The summed E-state index contributed by atoms with van der Waals surface area (Å²) in [6.07, 6.45) is 0.596. The first kappa shape index (κ1) is 16.2. The van der Waals surface area contributed by atoms with Crippen LogP contribution < -0.4 is 10.6 Å². The number of anilines is 1. The maximum Gasteiger partial charge on any atom is 0.313 e. The SMILES string of the molecule is Cc1ccc(C)c(NC(=O)C(=O)NCC(C)CCO)c1. The van der Waals surface area contributed by atoms with Crippen LogP contribution in [0.15, 0.2) is 18.2 Å². The van der Waals surface area contributed by atoms with Gasteiger partial charge in [0.1, 0.15) is 0 Å². The van der Waals surface area contributed by atoms with Crippen molar-refractivity contribution in [1.82, 2.24) is 5.32 Å². The lowest BCUT2D eigenvalue weighted by Gasteiger charge is -2.12. The standard InChI is InChI=1S/C15H22N2O3/c1-10-4-5-12(3)13(8-10)17-15(20)14(19)16-9-11(2)6-7-18/h4-5,8,11,18H,6-7,9H2,1-3H3,(H,16,19)(H,17,20). The van der Waals surface area contributed by atoms with Crippen LogP contribution in [0, 0.1) is 19.8 Å². The number of carbonyl (C=O) groups is 2. The van der Waals surface area contributed by atoms with Crippen LogP contribution in [-0.4, -0.2) is 30.1 Å². The highest BCUT2D eigenvalue weighted by Crippen LogP contribution is 2.16. The smallest absolute Gasteiger partial charge is 0.313 e. The summed E-state index contributed by atoms with van der Waals surface area (Å²) in [4.78, 5) is 23.4. The Balaban J connectivity index is 2.53. The molecule has 5 heteroatoms. The molecule has 5 nitrogen and oxygen atoms in total. The Bertz CT molecular complexity index is 486. The fraction of sp³-hybridized carbons (Fsp3) is 0.467. The molecule has 0 radical (unpaired) electrons. The normalized spacial score (nSPS) is 11.8. The van der Waals surface area contributed by atoms with E-state index < -0.39 is 11.8 Å². The minimum Gasteiger partial charge on any atom is -0.396 e.